The lowest BCUT2D eigenvalue weighted by atomic mass is 9.88. The minimum Gasteiger partial charge on any atom is -0.462 e. The lowest BCUT2D eigenvalue weighted by Gasteiger charge is -2.18. The number of carbonyl (C=O) groups excluding carboxylic acids is 2. The van der Waals surface area contributed by atoms with Crippen molar-refractivity contribution in [3.8, 4) is 0 Å². The summed E-state index contributed by atoms with van der Waals surface area (Å²) in [4.78, 5) is 26.1. The van der Waals surface area contributed by atoms with Gasteiger partial charge in [0, 0.05) is 10.6 Å². The van der Waals surface area contributed by atoms with E-state index < -0.39 is 0 Å². The van der Waals surface area contributed by atoms with Gasteiger partial charge in [0.2, 0.25) is 0 Å². The first-order valence-corrected chi connectivity index (χ1v) is 9.76. The minimum absolute atomic E-state index is 0.314. The average molecular weight is 372 g/mol. The fourth-order valence-corrected chi connectivity index (χ4v) is 4.55. The Morgan fingerprint density at radius 2 is 1.96 bits per heavy atom. The van der Waals surface area contributed by atoms with Gasteiger partial charge in [0.25, 0.3) is 0 Å². The Hall–Kier alpha value is -2.34. The molecule has 0 saturated carbocycles. The van der Waals surface area contributed by atoms with Crippen LogP contribution in [0.5, 0.6) is 0 Å². The van der Waals surface area contributed by atoms with Gasteiger partial charge in [-0.05, 0) is 56.7 Å². The van der Waals surface area contributed by atoms with Crippen molar-refractivity contribution in [2.24, 2.45) is 5.92 Å². The van der Waals surface area contributed by atoms with Crippen LogP contribution in [0, 0.1) is 12.8 Å². The normalized spacial score (nSPS) is 15.9. The Morgan fingerprint density at radius 3 is 2.65 bits per heavy atom. The zero-order valence-corrected chi connectivity index (χ0v) is 16.2. The molecule has 0 radical (unpaired) electrons. The molecule has 1 aromatic carbocycles. The number of hydrogen-bond acceptors (Lipinski definition) is 4. The third kappa shape index (κ3) is 4.07. The molecule has 1 aliphatic rings. The molecule has 2 aromatic rings. The van der Waals surface area contributed by atoms with Crippen LogP contribution < -0.4 is 10.6 Å². The number of anilines is 2. The summed E-state index contributed by atoms with van der Waals surface area (Å²) in [6.07, 6.45) is 2.83. The Kier molecular flexibility index (Phi) is 5.61. The van der Waals surface area contributed by atoms with Crippen LogP contribution in [0.3, 0.4) is 0 Å². The van der Waals surface area contributed by atoms with Crippen molar-refractivity contribution in [2.45, 2.75) is 40.0 Å². The summed E-state index contributed by atoms with van der Waals surface area (Å²) in [6, 6.07) is 7.21. The number of hydrogen-bond donors (Lipinski definition) is 2. The number of ether oxygens (including phenoxy) is 1. The second-order valence-electron chi connectivity index (χ2n) is 6.72. The zero-order chi connectivity index (χ0) is 18.7. The second-order valence-corrected chi connectivity index (χ2v) is 7.83. The van der Waals surface area contributed by atoms with E-state index in [9.17, 15) is 9.59 Å². The maximum absolute atomic E-state index is 12.5. The molecule has 1 atom stereocenters. The summed E-state index contributed by atoms with van der Waals surface area (Å²) in [5.74, 6) is 0.232. The first kappa shape index (κ1) is 18.5. The van der Waals surface area contributed by atoms with Gasteiger partial charge >= 0.3 is 12.0 Å². The number of nitrogens with one attached hydrogen (secondary N) is 2. The summed E-state index contributed by atoms with van der Waals surface area (Å²) in [5.41, 5.74) is 3.40. The predicted molar refractivity (Wildman–Crippen MR) is 105 cm³/mol. The lowest BCUT2D eigenvalue weighted by molar-refractivity contribution is 0.0526. The molecule has 1 aliphatic carbocycles. The highest BCUT2D eigenvalue weighted by molar-refractivity contribution is 7.17. The van der Waals surface area contributed by atoms with E-state index in [1.807, 2.05) is 31.2 Å². The highest BCUT2D eigenvalue weighted by atomic mass is 32.1. The van der Waals surface area contributed by atoms with Crippen LogP contribution in [0.25, 0.3) is 0 Å². The highest BCUT2D eigenvalue weighted by Crippen LogP contribution is 2.40. The molecule has 2 amide bonds. The molecular formula is C20H24N2O3S. The third-order valence-corrected chi connectivity index (χ3v) is 5.70. The standard InChI is InChI=1S/C20H24N2O3S/c1-4-25-19(23)17-15-10-7-13(3)11-16(15)26-18(17)22-20(24)21-14-8-5-12(2)6-9-14/h5-6,8-9,13H,4,7,10-11H2,1-3H3,(H2,21,22,24)/t13-/m0/s1. The molecule has 0 aliphatic heterocycles. The number of rotatable bonds is 4. The monoisotopic (exact) mass is 372 g/mol. The van der Waals surface area contributed by atoms with Crippen LogP contribution in [0.2, 0.25) is 0 Å². The number of urea groups is 1. The van der Waals surface area contributed by atoms with Crippen LogP contribution >= 0.6 is 11.3 Å². The summed E-state index contributed by atoms with van der Waals surface area (Å²) >= 11 is 1.49. The molecule has 5 nitrogen and oxygen atoms in total. The Bertz CT molecular complexity index is 811. The molecule has 3 rings (SSSR count). The molecule has 0 spiro atoms. The fraction of sp³-hybridized carbons (Fsp3) is 0.400. The van der Waals surface area contributed by atoms with Crippen molar-refractivity contribution >= 4 is 34.0 Å². The second kappa shape index (κ2) is 7.91. The van der Waals surface area contributed by atoms with Gasteiger partial charge in [-0.15, -0.1) is 11.3 Å². The number of benzene rings is 1. The van der Waals surface area contributed by atoms with Crippen molar-refractivity contribution in [2.75, 3.05) is 17.2 Å². The van der Waals surface area contributed by atoms with E-state index in [2.05, 4.69) is 17.6 Å². The highest BCUT2D eigenvalue weighted by Gasteiger charge is 2.29. The van der Waals surface area contributed by atoms with Gasteiger partial charge in [0.05, 0.1) is 12.2 Å². The number of carbonyl (C=O) groups is 2. The molecule has 138 valence electrons. The van der Waals surface area contributed by atoms with Gasteiger partial charge in [-0.3, -0.25) is 5.32 Å². The quantitative estimate of drug-likeness (QED) is 0.742. The first-order valence-electron chi connectivity index (χ1n) is 8.94. The number of esters is 1. The Labute approximate surface area is 157 Å². The number of thiophene rings is 1. The van der Waals surface area contributed by atoms with Crippen LogP contribution in [0.1, 0.15) is 46.6 Å². The predicted octanol–water partition coefficient (Wildman–Crippen LogP) is 5.00. The van der Waals surface area contributed by atoms with Gasteiger partial charge in [0.1, 0.15) is 5.00 Å². The van der Waals surface area contributed by atoms with E-state index >= 15 is 0 Å². The van der Waals surface area contributed by atoms with Crippen molar-refractivity contribution in [3.63, 3.8) is 0 Å². The molecule has 26 heavy (non-hydrogen) atoms. The molecule has 2 N–H and O–H groups in total. The van der Waals surface area contributed by atoms with Crippen LogP contribution in [0.4, 0.5) is 15.5 Å². The molecule has 1 heterocycles. The van der Waals surface area contributed by atoms with Crippen molar-refractivity contribution in [3.05, 3.63) is 45.8 Å². The van der Waals surface area contributed by atoms with E-state index in [0.717, 1.165) is 30.4 Å². The molecule has 0 bridgehead atoms. The van der Waals surface area contributed by atoms with E-state index in [1.165, 1.54) is 16.2 Å². The SMILES string of the molecule is CCOC(=O)c1c(NC(=O)Nc2ccc(C)cc2)sc2c1CC[C@H](C)C2. The average Bonchev–Trinajstić information content (AvgIpc) is 2.93. The number of amides is 2. The number of aryl methyl sites for hydroxylation is 1. The summed E-state index contributed by atoms with van der Waals surface area (Å²) in [5, 5.41) is 6.24. The topological polar surface area (TPSA) is 67.4 Å². The van der Waals surface area contributed by atoms with E-state index in [4.69, 9.17) is 4.74 Å². The van der Waals surface area contributed by atoms with Gasteiger partial charge in [-0.25, -0.2) is 9.59 Å². The van der Waals surface area contributed by atoms with Crippen molar-refractivity contribution in [1.29, 1.82) is 0 Å². The maximum Gasteiger partial charge on any atom is 0.341 e. The molecule has 0 saturated heterocycles. The summed E-state index contributed by atoms with van der Waals surface area (Å²) in [7, 11) is 0. The molecule has 0 unspecified atom stereocenters. The van der Waals surface area contributed by atoms with Crippen molar-refractivity contribution < 1.29 is 14.3 Å². The lowest BCUT2D eigenvalue weighted by Crippen LogP contribution is -2.21. The van der Waals surface area contributed by atoms with Gasteiger partial charge < -0.3 is 10.1 Å². The van der Waals surface area contributed by atoms with Crippen LogP contribution in [-0.2, 0) is 17.6 Å². The molecule has 1 aromatic heterocycles. The number of fused-ring (bicyclic) bond motifs is 1. The van der Waals surface area contributed by atoms with Gasteiger partial charge in [0.15, 0.2) is 0 Å². The third-order valence-electron chi connectivity index (χ3n) is 4.53. The van der Waals surface area contributed by atoms with Crippen LogP contribution in [-0.4, -0.2) is 18.6 Å². The maximum atomic E-state index is 12.5. The molecule has 0 fully saturated rings. The van der Waals surface area contributed by atoms with E-state index in [-0.39, 0.29) is 12.0 Å². The largest absolute Gasteiger partial charge is 0.462 e. The van der Waals surface area contributed by atoms with Crippen molar-refractivity contribution in [1.82, 2.24) is 0 Å². The molecular weight excluding hydrogens is 348 g/mol. The van der Waals surface area contributed by atoms with E-state index in [0.29, 0.717) is 28.8 Å². The Balaban J connectivity index is 1.82. The van der Waals surface area contributed by atoms with E-state index in [1.54, 1.807) is 6.92 Å². The molecule has 6 heteroatoms. The van der Waals surface area contributed by atoms with Crippen LogP contribution in [0.15, 0.2) is 24.3 Å². The summed E-state index contributed by atoms with van der Waals surface area (Å²) in [6.45, 7) is 6.31. The smallest absolute Gasteiger partial charge is 0.341 e. The zero-order valence-electron chi connectivity index (χ0n) is 15.3. The van der Waals surface area contributed by atoms with Gasteiger partial charge in [-0.1, -0.05) is 24.6 Å². The fourth-order valence-electron chi connectivity index (χ4n) is 3.16. The Morgan fingerprint density at radius 1 is 1.23 bits per heavy atom. The van der Waals surface area contributed by atoms with Gasteiger partial charge in [-0.2, -0.15) is 0 Å². The minimum atomic E-state index is -0.356. The summed E-state index contributed by atoms with van der Waals surface area (Å²) < 4.78 is 5.23. The first-order chi connectivity index (χ1) is 12.5.